The van der Waals surface area contributed by atoms with E-state index in [0.29, 0.717) is 17.0 Å². The van der Waals surface area contributed by atoms with Crippen molar-refractivity contribution in [1.29, 1.82) is 0 Å². The summed E-state index contributed by atoms with van der Waals surface area (Å²) in [4.78, 5) is 12.0. The average molecular weight is 310 g/mol. The molecule has 0 heterocycles. The summed E-state index contributed by atoms with van der Waals surface area (Å²) in [6.07, 6.45) is 0.377. The van der Waals surface area contributed by atoms with Gasteiger partial charge in [0.1, 0.15) is 0 Å². The topological polar surface area (TPSA) is 17.1 Å². The highest BCUT2D eigenvalue weighted by atomic mass is 79.9. The zero-order valence-electron chi connectivity index (χ0n) is 8.99. The van der Waals surface area contributed by atoms with Gasteiger partial charge in [-0.1, -0.05) is 57.9 Å². The number of hydrogen-bond acceptors (Lipinski definition) is 1. The molecule has 0 aliphatic rings. The van der Waals surface area contributed by atoms with Crippen molar-refractivity contribution in [3.63, 3.8) is 0 Å². The molecular weight excluding hydrogens is 300 g/mol. The van der Waals surface area contributed by atoms with Crippen LogP contribution in [0.4, 0.5) is 0 Å². The summed E-state index contributed by atoms with van der Waals surface area (Å²) in [6.45, 7) is 0. The summed E-state index contributed by atoms with van der Waals surface area (Å²) in [5, 5.41) is 0.486. The Morgan fingerprint density at radius 2 is 1.82 bits per heavy atom. The van der Waals surface area contributed by atoms with E-state index in [1.807, 2.05) is 36.4 Å². The van der Waals surface area contributed by atoms with Crippen molar-refractivity contribution in [3.8, 4) is 0 Å². The highest BCUT2D eigenvalue weighted by Gasteiger charge is 2.11. The Hall–Kier alpha value is -1.12. The smallest absolute Gasteiger partial charge is 0.168 e. The van der Waals surface area contributed by atoms with Crippen LogP contribution in [0.2, 0.25) is 5.02 Å². The lowest BCUT2D eigenvalue weighted by molar-refractivity contribution is 0.0993. The van der Waals surface area contributed by atoms with E-state index in [-0.39, 0.29) is 5.78 Å². The molecule has 0 unspecified atom stereocenters. The molecule has 0 spiro atoms. The molecule has 17 heavy (non-hydrogen) atoms. The second kappa shape index (κ2) is 5.48. The molecule has 0 radical (unpaired) electrons. The summed E-state index contributed by atoms with van der Waals surface area (Å²) in [5.74, 6) is 0.0358. The van der Waals surface area contributed by atoms with Crippen LogP contribution in [-0.2, 0) is 6.42 Å². The largest absolute Gasteiger partial charge is 0.294 e. The number of benzene rings is 2. The number of hydrogen-bond donors (Lipinski definition) is 0. The third-order valence-corrected chi connectivity index (χ3v) is 3.25. The van der Waals surface area contributed by atoms with Crippen LogP contribution in [0.3, 0.4) is 0 Å². The van der Waals surface area contributed by atoms with Gasteiger partial charge in [-0.3, -0.25) is 4.79 Å². The molecule has 0 aliphatic carbocycles. The van der Waals surface area contributed by atoms with E-state index in [4.69, 9.17) is 11.6 Å². The second-order valence-electron chi connectivity index (χ2n) is 3.71. The van der Waals surface area contributed by atoms with Gasteiger partial charge in [0.2, 0.25) is 0 Å². The van der Waals surface area contributed by atoms with Crippen molar-refractivity contribution in [1.82, 2.24) is 0 Å². The van der Waals surface area contributed by atoms with Gasteiger partial charge in [0, 0.05) is 16.5 Å². The van der Waals surface area contributed by atoms with Crippen LogP contribution < -0.4 is 0 Å². The second-order valence-corrected chi connectivity index (χ2v) is 5.03. The first-order chi connectivity index (χ1) is 8.16. The van der Waals surface area contributed by atoms with Crippen LogP contribution in [0.15, 0.2) is 53.0 Å². The number of carbonyl (C=O) groups is 1. The number of carbonyl (C=O) groups excluding carboxylic acids is 1. The zero-order chi connectivity index (χ0) is 12.3. The molecule has 0 fully saturated rings. The fraction of sp³-hybridized carbons (Fsp3) is 0.0714. The van der Waals surface area contributed by atoms with Crippen molar-refractivity contribution in [2.45, 2.75) is 6.42 Å². The molecule has 0 saturated heterocycles. The number of rotatable bonds is 3. The van der Waals surface area contributed by atoms with E-state index in [1.165, 1.54) is 0 Å². The van der Waals surface area contributed by atoms with Gasteiger partial charge in [0.25, 0.3) is 0 Å². The molecule has 0 aliphatic heterocycles. The van der Waals surface area contributed by atoms with Crippen molar-refractivity contribution >= 4 is 33.3 Å². The number of Topliss-reactive ketones (excluding diaryl/α,β-unsaturated/α-hetero) is 1. The summed E-state index contributed by atoms with van der Waals surface area (Å²) < 4.78 is 0.874. The number of halogens is 2. The minimum atomic E-state index is 0.0358. The predicted octanol–water partition coefficient (Wildman–Crippen LogP) is 4.53. The molecule has 86 valence electrons. The highest BCUT2D eigenvalue weighted by Crippen LogP contribution is 2.22. The minimum Gasteiger partial charge on any atom is -0.294 e. The van der Waals surface area contributed by atoms with E-state index in [0.717, 1.165) is 10.0 Å². The summed E-state index contributed by atoms with van der Waals surface area (Å²) in [7, 11) is 0. The molecule has 0 amide bonds. The van der Waals surface area contributed by atoms with Crippen LogP contribution in [0.1, 0.15) is 15.9 Å². The van der Waals surface area contributed by atoms with Crippen molar-refractivity contribution < 1.29 is 4.79 Å². The molecule has 1 nitrogen and oxygen atoms in total. The van der Waals surface area contributed by atoms with Crippen molar-refractivity contribution in [2.24, 2.45) is 0 Å². The molecule has 0 N–H and O–H groups in total. The monoisotopic (exact) mass is 308 g/mol. The SMILES string of the molecule is O=C(Cc1ccccc1)c1ccc(Br)cc1Cl. The zero-order valence-corrected chi connectivity index (χ0v) is 11.3. The molecule has 3 heteroatoms. The highest BCUT2D eigenvalue weighted by molar-refractivity contribution is 9.10. The van der Waals surface area contributed by atoms with Crippen LogP contribution in [-0.4, -0.2) is 5.78 Å². The Kier molecular flexibility index (Phi) is 3.97. The normalized spacial score (nSPS) is 10.2. The molecule has 0 bridgehead atoms. The maximum atomic E-state index is 12.0. The van der Waals surface area contributed by atoms with Gasteiger partial charge in [-0.25, -0.2) is 0 Å². The molecule has 0 saturated carbocycles. The first kappa shape index (κ1) is 12.3. The fourth-order valence-corrected chi connectivity index (χ4v) is 2.37. The summed E-state index contributed by atoms with van der Waals surface area (Å²) >= 11 is 9.36. The van der Waals surface area contributed by atoms with Crippen LogP contribution >= 0.6 is 27.5 Å². The molecule has 2 rings (SSSR count). The summed E-state index contributed by atoms with van der Waals surface area (Å²) in [6, 6.07) is 15.0. The van der Waals surface area contributed by atoms with Crippen LogP contribution in [0.5, 0.6) is 0 Å². The predicted molar refractivity (Wildman–Crippen MR) is 73.6 cm³/mol. The first-order valence-electron chi connectivity index (χ1n) is 5.19. The maximum absolute atomic E-state index is 12.0. The first-order valence-corrected chi connectivity index (χ1v) is 6.36. The molecular formula is C14H10BrClO. The van der Waals surface area contributed by atoms with E-state index >= 15 is 0 Å². The van der Waals surface area contributed by atoms with Gasteiger partial charge in [-0.2, -0.15) is 0 Å². The Labute approximate surface area is 114 Å². The third kappa shape index (κ3) is 3.18. The fourth-order valence-electron chi connectivity index (χ4n) is 1.59. The Balaban J connectivity index is 2.21. The average Bonchev–Trinajstić information content (AvgIpc) is 2.30. The van der Waals surface area contributed by atoms with Gasteiger partial charge in [0.15, 0.2) is 5.78 Å². The lowest BCUT2D eigenvalue weighted by Crippen LogP contribution is -2.04. The summed E-state index contributed by atoms with van der Waals surface area (Å²) in [5.41, 5.74) is 1.57. The van der Waals surface area contributed by atoms with Crippen LogP contribution in [0.25, 0.3) is 0 Å². The third-order valence-electron chi connectivity index (χ3n) is 2.44. The van der Waals surface area contributed by atoms with E-state index in [9.17, 15) is 4.79 Å². The Morgan fingerprint density at radius 3 is 2.47 bits per heavy atom. The van der Waals surface area contributed by atoms with Gasteiger partial charge in [0.05, 0.1) is 5.02 Å². The van der Waals surface area contributed by atoms with E-state index < -0.39 is 0 Å². The standard InChI is InChI=1S/C14H10BrClO/c15-11-6-7-12(13(16)9-11)14(17)8-10-4-2-1-3-5-10/h1-7,9H,8H2. The molecule has 0 aromatic heterocycles. The Bertz CT molecular complexity index is 537. The molecule has 0 atom stereocenters. The lowest BCUT2D eigenvalue weighted by atomic mass is 10.0. The van der Waals surface area contributed by atoms with Crippen molar-refractivity contribution in [3.05, 3.63) is 69.2 Å². The minimum absolute atomic E-state index is 0.0358. The van der Waals surface area contributed by atoms with E-state index in [2.05, 4.69) is 15.9 Å². The molecule has 2 aromatic rings. The number of ketones is 1. The quantitative estimate of drug-likeness (QED) is 0.761. The van der Waals surface area contributed by atoms with Crippen LogP contribution in [0, 0.1) is 0 Å². The van der Waals surface area contributed by atoms with Gasteiger partial charge < -0.3 is 0 Å². The van der Waals surface area contributed by atoms with Gasteiger partial charge in [-0.15, -0.1) is 0 Å². The van der Waals surface area contributed by atoms with Crippen molar-refractivity contribution in [2.75, 3.05) is 0 Å². The molecule has 2 aromatic carbocycles. The van der Waals surface area contributed by atoms with E-state index in [1.54, 1.807) is 12.1 Å². The van der Waals surface area contributed by atoms with Gasteiger partial charge >= 0.3 is 0 Å². The van der Waals surface area contributed by atoms with Gasteiger partial charge in [-0.05, 0) is 23.8 Å². The maximum Gasteiger partial charge on any atom is 0.168 e. The Morgan fingerprint density at radius 1 is 1.12 bits per heavy atom. The lowest BCUT2D eigenvalue weighted by Gasteiger charge is -2.04.